The summed E-state index contributed by atoms with van der Waals surface area (Å²) in [6, 6.07) is 28.7. The van der Waals surface area contributed by atoms with Gasteiger partial charge in [-0.1, -0.05) is 83.9 Å². The van der Waals surface area contributed by atoms with Crippen LogP contribution in [0.5, 0.6) is 0 Å². The van der Waals surface area contributed by atoms with Gasteiger partial charge in [0.15, 0.2) is 23.3 Å². The highest BCUT2D eigenvalue weighted by atomic mass is 15.1. The molecule has 2 aliphatic heterocycles. The lowest BCUT2D eigenvalue weighted by Gasteiger charge is -1.99. The van der Waals surface area contributed by atoms with Crippen molar-refractivity contribution in [2.75, 3.05) is 0 Å². The van der Waals surface area contributed by atoms with E-state index in [1.54, 1.807) is 0 Å². The minimum absolute atomic E-state index is 0.602. The number of aromatic amines is 2. The van der Waals surface area contributed by atoms with Gasteiger partial charge in [0, 0.05) is 43.8 Å². The van der Waals surface area contributed by atoms with Crippen LogP contribution in [0.3, 0.4) is 0 Å². The highest BCUT2D eigenvalue weighted by Gasteiger charge is 2.22. The van der Waals surface area contributed by atoms with Crippen LogP contribution in [0.4, 0.5) is 0 Å². The molecule has 2 N–H and O–H groups in total. The summed E-state index contributed by atoms with van der Waals surface area (Å²) in [4.78, 5) is 37.1. The Bertz CT molecular complexity index is 2280. The van der Waals surface area contributed by atoms with Gasteiger partial charge in [-0.25, -0.2) is 29.9 Å². The molecule has 0 amide bonds. The molecule has 8 heteroatoms. The van der Waals surface area contributed by atoms with Crippen molar-refractivity contribution in [3.63, 3.8) is 0 Å². The van der Waals surface area contributed by atoms with Gasteiger partial charge in [-0.05, 0) is 26.0 Å². The van der Waals surface area contributed by atoms with Crippen LogP contribution >= 0.6 is 0 Å². The van der Waals surface area contributed by atoms with E-state index in [1.165, 1.54) is 0 Å². The van der Waals surface area contributed by atoms with Crippen molar-refractivity contribution in [2.45, 2.75) is 13.8 Å². The van der Waals surface area contributed by atoms with E-state index in [0.29, 0.717) is 45.9 Å². The van der Waals surface area contributed by atoms with Crippen LogP contribution in [-0.2, 0) is 0 Å². The Morgan fingerprint density at radius 1 is 0.381 bits per heavy atom. The van der Waals surface area contributed by atoms with Crippen molar-refractivity contribution in [3.8, 4) is 45.6 Å². The molecule has 0 radical (unpaired) electrons. The van der Waals surface area contributed by atoms with E-state index in [-0.39, 0.29) is 0 Å². The van der Waals surface area contributed by atoms with Gasteiger partial charge < -0.3 is 9.97 Å². The van der Waals surface area contributed by atoms with Crippen molar-refractivity contribution >= 4 is 44.1 Å². The van der Waals surface area contributed by atoms with Crippen LogP contribution in [0.15, 0.2) is 84.9 Å². The number of fused-ring (bicyclic) bond motifs is 20. The number of hydrogen-bond donors (Lipinski definition) is 2. The maximum Gasteiger partial charge on any atom is 0.164 e. The minimum Gasteiger partial charge on any atom is -0.324 e. The van der Waals surface area contributed by atoms with Crippen molar-refractivity contribution in [3.05, 3.63) is 96.1 Å². The standard InChI is InChI=1S/C34H22N8/c1-17-11-13-23-25(15-17)33-39-29-21-9-5-3-7-19(21)28(35-29)38-32-24-14-12-18(2)16-26(24)34(42-32)40-30-22-10-6-4-8-20(22)27(36-30)37-31(23)41-33/h3-16H,1-2H3,(H2,35,36,37,38,39,40,41,42). The zero-order chi connectivity index (χ0) is 27.9. The fourth-order valence-corrected chi connectivity index (χ4v) is 5.92. The summed E-state index contributed by atoms with van der Waals surface area (Å²) in [6.45, 7) is 4.14. The first-order chi connectivity index (χ1) is 20.6. The Morgan fingerprint density at radius 3 is 1.07 bits per heavy atom. The number of nitrogens with one attached hydrogen (secondary N) is 2. The number of hydrogen-bond acceptors (Lipinski definition) is 6. The summed E-state index contributed by atoms with van der Waals surface area (Å²) in [5.41, 5.74) is 8.76. The van der Waals surface area contributed by atoms with Gasteiger partial charge in [-0.15, -0.1) is 0 Å². The Labute approximate surface area is 239 Å². The Kier molecular flexibility index (Phi) is 4.58. The number of nitrogens with zero attached hydrogens (tertiary/aromatic N) is 6. The molecule has 0 saturated carbocycles. The number of rotatable bonds is 0. The van der Waals surface area contributed by atoms with Gasteiger partial charge in [-0.2, -0.15) is 0 Å². The van der Waals surface area contributed by atoms with Gasteiger partial charge in [0.1, 0.15) is 22.6 Å². The summed E-state index contributed by atoms with van der Waals surface area (Å²) < 4.78 is 0. The summed E-state index contributed by atoms with van der Waals surface area (Å²) in [5, 5.41) is 3.83. The zero-order valence-electron chi connectivity index (χ0n) is 22.8. The van der Waals surface area contributed by atoms with Crippen molar-refractivity contribution in [1.29, 1.82) is 0 Å². The SMILES string of the molecule is Cc1ccc2c(c1)-c1nc-2nc2[nH]c(nc3nc(nc4[nH]c(n1)c1ccccc41)-c1ccc(C)cc1-3)c1ccccc21. The number of aromatic nitrogens is 8. The van der Waals surface area contributed by atoms with E-state index in [1.807, 2.05) is 48.5 Å². The number of aryl methyl sites for hydroxylation is 2. The first-order valence-electron chi connectivity index (χ1n) is 13.8. The highest BCUT2D eigenvalue weighted by molar-refractivity contribution is 6.06. The Balaban J connectivity index is 1.51. The van der Waals surface area contributed by atoms with E-state index in [2.05, 4.69) is 60.2 Å². The smallest absolute Gasteiger partial charge is 0.164 e. The fraction of sp³-hybridized carbons (Fsp3) is 0.0588. The van der Waals surface area contributed by atoms with E-state index < -0.39 is 0 Å². The molecule has 5 heterocycles. The molecular weight excluding hydrogens is 520 g/mol. The molecule has 8 bridgehead atoms. The lowest BCUT2D eigenvalue weighted by atomic mass is 10.1. The van der Waals surface area contributed by atoms with Crippen LogP contribution in [0.1, 0.15) is 11.1 Å². The molecular formula is C34H22N8. The lowest BCUT2D eigenvalue weighted by molar-refractivity contribution is 1.19. The second kappa shape index (κ2) is 8.37. The molecule has 198 valence electrons. The summed E-state index contributed by atoms with van der Waals surface area (Å²) in [7, 11) is 0. The molecule has 2 aliphatic rings. The zero-order valence-corrected chi connectivity index (χ0v) is 22.8. The van der Waals surface area contributed by atoms with Gasteiger partial charge >= 0.3 is 0 Å². The molecule has 0 atom stereocenters. The van der Waals surface area contributed by atoms with Crippen LogP contribution < -0.4 is 0 Å². The Morgan fingerprint density at radius 2 is 0.714 bits per heavy atom. The topological polar surface area (TPSA) is 109 Å². The third-order valence-corrected chi connectivity index (χ3v) is 7.96. The van der Waals surface area contributed by atoms with Crippen LogP contribution in [-0.4, -0.2) is 39.9 Å². The number of H-pyrrole nitrogens is 2. The maximum absolute atomic E-state index is 5.07. The van der Waals surface area contributed by atoms with Crippen molar-refractivity contribution < 1.29 is 0 Å². The number of benzene rings is 4. The van der Waals surface area contributed by atoms with E-state index in [9.17, 15) is 0 Å². The highest BCUT2D eigenvalue weighted by Crippen LogP contribution is 2.37. The summed E-state index contributed by atoms with van der Waals surface area (Å²) >= 11 is 0. The van der Waals surface area contributed by atoms with Crippen LogP contribution in [0.2, 0.25) is 0 Å². The molecule has 3 aromatic heterocycles. The molecule has 0 saturated heterocycles. The van der Waals surface area contributed by atoms with Crippen molar-refractivity contribution in [1.82, 2.24) is 39.9 Å². The second-order valence-electron chi connectivity index (χ2n) is 10.8. The normalized spacial score (nSPS) is 12.0. The molecule has 8 nitrogen and oxygen atoms in total. The molecule has 0 spiro atoms. The molecule has 0 fully saturated rings. The summed E-state index contributed by atoms with van der Waals surface area (Å²) in [6.07, 6.45) is 0. The molecule has 0 aliphatic carbocycles. The van der Waals surface area contributed by atoms with E-state index >= 15 is 0 Å². The average Bonchev–Trinajstić information content (AvgIpc) is 3.72. The van der Waals surface area contributed by atoms with E-state index in [0.717, 1.165) is 54.9 Å². The molecule has 42 heavy (non-hydrogen) atoms. The average molecular weight is 543 g/mol. The van der Waals surface area contributed by atoms with Gasteiger partial charge in [0.2, 0.25) is 0 Å². The van der Waals surface area contributed by atoms with Gasteiger partial charge in [0.05, 0.1) is 0 Å². The predicted molar refractivity (Wildman–Crippen MR) is 166 cm³/mol. The minimum atomic E-state index is 0.602. The first-order valence-corrected chi connectivity index (χ1v) is 13.8. The molecule has 4 aromatic carbocycles. The first kappa shape index (κ1) is 23.0. The largest absolute Gasteiger partial charge is 0.324 e. The quantitative estimate of drug-likeness (QED) is 0.206. The Hall–Kier alpha value is -5.76. The molecule has 9 rings (SSSR count). The fourth-order valence-electron chi connectivity index (χ4n) is 5.92. The molecule has 0 unspecified atom stereocenters. The van der Waals surface area contributed by atoms with Crippen LogP contribution in [0, 0.1) is 13.8 Å². The van der Waals surface area contributed by atoms with Crippen molar-refractivity contribution in [2.24, 2.45) is 0 Å². The summed E-state index contributed by atoms with van der Waals surface area (Å²) in [5.74, 6) is 2.41. The lowest BCUT2D eigenvalue weighted by Crippen LogP contribution is -1.84. The van der Waals surface area contributed by atoms with Crippen LogP contribution in [0.25, 0.3) is 89.7 Å². The maximum atomic E-state index is 5.07. The van der Waals surface area contributed by atoms with E-state index in [4.69, 9.17) is 29.9 Å². The molecule has 7 aromatic rings. The second-order valence-corrected chi connectivity index (χ2v) is 10.8. The third kappa shape index (κ3) is 3.35. The van der Waals surface area contributed by atoms with Gasteiger partial charge in [0.25, 0.3) is 0 Å². The third-order valence-electron chi connectivity index (χ3n) is 7.96. The van der Waals surface area contributed by atoms with Gasteiger partial charge in [-0.3, -0.25) is 0 Å². The monoisotopic (exact) mass is 542 g/mol. The predicted octanol–water partition coefficient (Wildman–Crippen LogP) is 7.49.